The van der Waals surface area contributed by atoms with Crippen molar-refractivity contribution < 1.29 is 22.7 Å². The molecule has 6 nitrogen and oxygen atoms in total. The van der Waals surface area contributed by atoms with Crippen LogP contribution in [0, 0.1) is 0 Å². The molecule has 2 N–H and O–H groups in total. The monoisotopic (exact) mass is 422 g/mol. The number of carbonyl (C=O) groups excluding carboxylic acids is 1. The summed E-state index contributed by atoms with van der Waals surface area (Å²) in [6.07, 6.45) is -0.870. The molecule has 162 valence electrons. The molecule has 1 aromatic heterocycles. The predicted molar refractivity (Wildman–Crippen MR) is 105 cm³/mol. The van der Waals surface area contributed by atoms with Crippen molar-refractivity contribution in [2.75, 3.05) is 18.5 Å². The van der Waals surface area contributed by atoms with Gasteiger partial charge in [0.1, 0.15) is 11.4 Å². The maximum atomic E-state index is 13.8. The smallest absolute Gasteiger partial charge is 0.376 e. The first-order valence-electron chi connectivity index (χ1n) is 10.3. The van der Waals surface area contributed by atoms with E-state index in [1.54, 1.807) is 0 Å². The van der Waals surface area contributed by atoms with E-state index in [0.29, 0.717) is 13.2 Å². The minimum atomic E-state index is -4.48. The highest BCUT2D eigenvalue weighted by Crippen LogP contribution is 2.44. The highest BCUT2D eigenvalue weighted by atomic mass is 19.4. The lowest BCUT2D eigenvalue weighted by atomic mass is 9.95. The lowest BCUT2D eigenvalue weighted by molar-refractivity contribution is -0.173. The second-order valence-corrected chi connectivity index (χ2v) is 7.78. The van der Waals surface area contributed by atoms with Crippen molar-refractivity contribution in [2.24, 2.45) is 0 Å². The largest absolute Gasteiger partial charge is 0.410 e. The van der Waals surface area contributed by atoms with Crippen LogP contribution in [0.25, 0.3) is 0 Å². The number of benzene rings is 1. The second kappa shape index (κ2) is 8.29. The molecule has 0 spiro atoms. The molecule has 2 aromatic rings. The zero-order valence-corrected chi connectivity index (χ0v) is 16.7. The number of fused-ring (bicyclic) bond motifs is 1. The van der Waals surface area contributed by atoms with Crippen LogP contribution in [0.1, 0.15) is 59.8 Å². The topological polar surface area (TPSA) is 68.2 Å². The molecule has 0 aliphatic carbocycles. The molecule has 2 aliphatic heterocycles. The zero-order chi connectivity index (χ0) is 21.3. The van der Waals surface area contributed by atoms with Gasteiger partial charge < -0.3 is 15.4 Å². The number of ether oxygens (including phenoxy) is 1. The van der Waals surface area contributed by atoms with Gasteiger partial charge in [0.05, 0.1) is 18.3 Å². The number of hydrogen-bond acceptors (Lipinski definition) is 4. The summed E-state index contributed by atoms with van der Waals surface area (Å²) >= 11 is 0. The zero-order valence-electron chi connectivity index (χ0n) is 16.7. The first-order chi connectivity index (χ1) is 14.4. The quantitative estimate of drug-likeness (QED) is 0.764. The third-order valence-corrected chi connectivity index (χ3v) is 5.79. The molecule has 1 saturated heterocycles. The average molecular weight is 422 g/mol. The number of anilines is 1. The second-order valence-electron chi connectivity index (χ2n) is 7.78. The Labute approximate surface area is 172 Å². The van der Waals surface area contributed by atoms with Gasteiger partial charge in [-0.15, -0.1) is 0 Å². The summed E-state index contributed by atoms with van der Waals surface area (Å²) in [5.74, 6) is -0.361. The van der Waals surface area contributed by atoms with Gasteiger partial charge in [0.25, 0.3) is 5.91 Å². The van der Waals surface area contributed by atoms with Gasteiger partial charge in [0.15, 0.2) is 6.04 Å². The number of nitrogens with one attached hydrogen (secondary N) is 2. The molecule has 1 aromatic carbocycles. The highest BCUT2D eigenvalue weighted by molar-refractivity contribution is 5.98. The van der Waals surface area contributed by atoms with Crippen LogP contribution in [0.4, 0.5) is 19.0 Å². The van der Waals surface area contributed by atoms with E-state index in [4.69, 9.17) is 4.74 Å². The SMILES string of the molecule is CCc1ccc([C@H]2C[C@H](C(F)(F)F)n3ncc(C(=O)NC[C@@H]4CCCO4)c3N2)cc1. The molecule has 30 heavy (non-hydrogen) atoms. The van der Waals surface area contributed by atoms with Gasteiger partial charge in [-0.3, -0.25) is 4.79 Å². The Morgan fingerprint density at radius 2 is 2.10 bits per heavy atom. The molecule has 0 unspecified atom stereocenters. The van der Waals surface area contributed by atoms with E-state index < -0.39 is 24.2 Å². The molecule has 4 rings (SSSR count). The summed E-state index contributed by atoms with van der Waals surface area (Å²) in [4.78, 5) is 12.7. The minimum absolute atomic E-state index is 0.0546. The average Bonchev–Trinajstić information content (AvgIpc) is 3.40. The molecule has 0 radical (unpaired) electrons. The highest BCUT2D eigenvalue weighted by Gasteiger charge is 2.47. The standard InChI is InChI=1S/C21H25F3N4O2/c1-2-13-5-7-14(8-6-13)17-10-18(21(22,23)24)28-19(27-17)16(12-26-28)20(29)25-11-15-4-3-9-30-15/h5-8,12,15,17-18,27H,2-4,9-11H2,1H3,(H,25,29)/t15-,17+,18+/m0/s1. The summed E-state index contributed by atoms with van der Waals surface area (Å²) in [7, 11) is 0. The molecular weight excluding hydrogens is 397 g/mol. The van der Waals surface area contributed by atoms with E-state index in [-0.39, 0.29) is 23.9 Å². The van der Waals surface area contributed by atoms with Gasteiger partial charge in [-0.05, 0) is 30.4 Å². The van der Waals surface area contributed by atoms with Crippen LogP contribution in [-0.2, 0) is 11.2 Å². The fraction of sp³-hybridized carbons (Fsp3) is 0.524. The Morgan fingerprint density at radius 3 is 2.73 bits per heavy atom. The van der Waals surface area contributed by atoms with Gasteiger partial charge in [0, 0.05) is 19.6 Å². The summed E-state index contributed by atoms with van der Waals surface area (Å²) in [6.45, 7) is 3.01. The van der Waals surface area contributed by atoms with E-state index in [1.165, 1.54) is 6.20 Å². The Morgan fingerprint density at radius 1 is 1.33 bits per heavy atom. The van der Waals surface area contributed by atoms with Crippen LogP contribution in [0.3, 0.4) is 0 Å². The van der Waals surface area contributed by atoms with E-state index >= 15 is 0 Å². The number of nitrogens with zero attached hydrogens (tertiary/aromatic N) is 2. The Hall–Kier alpha value is -2.55. The summed E-state index contributed by atoms with van der Waals surface area (Å²) in [5.41, 5.74) is 1.97. The third-order valence-electron chi connectivity index (χ3n) is 5.79. The third kappa shape index (κ3) is 4.16. The van der Waals surface area contributed by atoms with E-state index in [2.05, 4.69) is 15.7 Å². The van der Waals surface area contributed by atoms with Crippen molar-refractivity contribution in [1.82, 2.24) is 15.1 Å². The Balaban J connectivity index is 1.59. The molecule has 1 fully saturated rings. The number of alkyl halides is 3. The molecule has 1 amide bonds. The van der Waals surface area contributed by atoms with Gasteiger partial charge in [-0.25, -0.2) is 4.68 Å². The van der Waals surface area contributed by atoms with Gasteiger partial charge in [0.2, 0.25) is 0 Å². The van der Waals surface area contributed by atoms with Crippen LogP contribution in [0.2, 0.25) is 0 Å². The fourth-order valence-electron chi connectivity index (χ4n) is 4.04. The van der Waals surface area contributed by atoms with Crippen molar-refractivity contribution >= 4 is 11.7 Å². The molecule has 3 heterocycles. The van der Waals surface area contributed by atoms with E-state index in [0.717, 1.165) is 35.1 Å². The van der Waals surface area contributed by atoms with Gasteiger partial charge >= 0.3 is 6.18 Å². The normalized spacial score (nSPS) is 23.7. The first-order valence-corrected chi connectivity index (χ1v) is 10.3. The summed E-state index contributed by atoms with van der Waals surface area (Å²) < 4.78 is 47.7. The van der Waals surface area contributed by atoms with Crippen molar-refractivity contribution in [3.05, 3.63) is 47.2 Å². The lowest BCUT2D eigenvalue weighted by Gasteiger charge is -2.34. The number of rotatable bonds is 5. The maximum absolute atomic E-state index is 13.8. The van der Waals surface area contributed by atoms with Gasteiger partial charge in [-0.2, -0.15) is 18.3 Å². The van der Waals surface area contributed by atoms with Crippen molar-refractivity contribution in [3.63, 3.8) is 0 Å². The maximum Gasteiger partial charge on any atom is 0.410 e. The number of carbonyl (C=O) groups is 1. The Bertz CT molecular complexity index is 889. The predicted octanol–water partition coefficient (Wildman–Crippen LogP) is 4.01. The van der Waals surface area contributed by atoms with Crippen molar-refractivity contribution in [3.8, 4) is 0 Å². The number of aryl methyl sites for hydroxylation is 1. The van der Waals surface area contributed by atoms with Crippen LogP contribution >= 0.6 is 0 Å². The van der Waals surface area contributed by atoms with Crippen LogP contribution in [-0.4, -0.2) is 41.1 Å². The lowest BCUT2D eigenvalue weighted by Crippen LogP contribution is -2.37. The van der Waals surface area contributed by atoms with E-state index in [1.807, 2.05) is 31.2 Å². The number of halogens is 3. The summed E-state index contributed by atoms with van der Waals surface area (Å²) in [6, 6.07) is 5.14. The fourth-order valence-corrected chi connectivity index (χ4v) is 4.04. The number of hydrogen-bond donors (Lipinski definition) is 2. The molecule has 3 atom stereocenters. The summed E-state index contributed by atoms with van der Waals surface area (Å²) in [5, 5.41) is 9.78. The first kappa shape index (κ1) is 20.7. The molecule has 0 saturated carbocycles. The number of amides is 1. The van der Waals surface area contributed by atoms with E-state index in [9.17, 15) is 18.0 Å². The van der Waals surface area contributed by atoms with Crippen molar-refractivity contribution in [1.29, 1.82) is 0 Å². The van der Waals surface area contributed by atoms with Crippen LogP contribution in [0.15, 0.2) is 30.5 Å². The van der Waals surface area contributed by atoms with Crippen molar-refractivity contribution in [2.45, 2.75) is 57.0 Å². The molecule has 0 bridgehead atoms. The van der Waals surface area contributed by atoms with Crippen LogP contribution < -0.4 is 10.6 Å². The van der Waals surface area contributed by atoms with Gasteiger partial charge in [-0.1, -0.05) is 31.2 Å². The minimum Gasteiger partial charge on any atom is -0.376 e. The number of aromatic nitrogens is 2. The Kier molecular flexibility index (Phi) is 5.73. The molecule has 2 aliphatic rings. The molecule has 9 heteroatoms. The van der Waals surface area contributed by atoms with Crippen LogP contribution in [0.5, 0.6) is 0 Å². The molecular formula is C21H25F3N4O2.